The lowest BCUT2D eigenvalue weighted by Gasteiger charge is -2.18. The van der Waals surface area contributed by atoms with Crippen LogP contribution in [0.15, 0.2) is 53.4 Å². The molecule has 144 valence electrons. The zero-order valence-electron chi connectivity index (χ0n) is 14.9. The summed E-state index contributed by atoms with van der Waals surface area (Å²) in [5.41, 5.74) is 1.25. The average molecular weight is 410 g/mol. The van der Waals surface area contributed by atoms with E-state index in [9.17, 15) is 18.0 Å². The van der Waals surface area contributed by atoms with E-state index in [4.69, 9.17) is 11.6 Å². The van der Waals surface area contributed by atoms with Crippen molar-refractivity contribution < 1.29 is 18.0 Å². The molecule has 0 saturated heterocycles. The molecule has 2 N–H and O–H groups in total. The second-order valence-electron chi connectivity index (χ2n) is 5.87. The molecule has 0 saturated carbocycles. The van der Waals surface area contributed by atoms with Crippen LogP contribution < -0.4 is 10.0 Å². The van der Waals surface area contributed by atoms with Crippen molar-refractivity contribution in [2.45, 2.75) is 18.4 Å². The Hall–Kier alpha value is -2.42. The van der Waals surface area contributed by atoms with E-state index < -0.39 is 15.9 Å². The maximum absolute atomic E-state index is 12.3. The number of likely N-dealkylation sites (N-methyl/N-ethyl adjacent to an activating group) is 1. The van der Waals surface area contributed by atoms with Gasteiger partial charge in [-0.3, -0.25) is 9.59 Å². The van der Waals surface area contributed by atoms with Gasteiger partial charge in [-0.1, -0.05) is 29.8 Å². The van der Waals surface area contributed by atoms with E-state index in [0.29, 0.717) is 10.7 Å². The number of nitrogens with zero attached hydrogens (tertiary/aromatic N) is 1. The molecular formula is C18H20ClN3O4S. The van der Waals surface area contributed by atoms with Crippen LogP contribution in [0.2, 0.25) is 5.02 Å². The van der Waals surface area contributed by atoms with Crippen LogP contribution in [-0.4, -0.2) is 38.7 Å². The molecule has 0 aliphatic rings. The Balaban J connectivity index is 1.96. The molecule has 0 spiro atoms. The lowest BCUT2D eigenvalue weighted by molar-refractivity contribution is -0.129. The molecule has 0 aliphatic heterocycles. The van der Waals surface area contributed by atoms with E-state index in [0.717, 1.165) is 5.56 Å². The quantitative estimate of drug-likeness (QED) is 0.733. The maximum Gasteiger partial charge on any atom is 0.241 e. The summed E-state index contributed by atoms with van der Waals surface area (Å²) in [5.74, 6) is -0.649. The summed E-state index contributed by atoms with van der Waals surface area (Å²) in [4.78, 5) is 24.6. The molecule has 9 heteroatoms. The van der Waals surface area contributed by atoms with Crippen molar-refractivity contribution in [3.8, 4) is 0 Å². The number of anilines is 1. The van der Waals surface area contributed by atoms with Gasteiger partial charge >= 0.3 is 0 Å². The number of rotatable bonds is 7. The number of amides is 2. The van der Waals surface area contributed by atoms with Crippen LogP contribution in [0, 0.1) is 0 Å². The van der Waals surface area contributed by atoms with Gasteiger partial charge < -0.3 is 10.2 Å². The van der Waals surface area contributed by atoms with E-state index >= 15 is 0 Å². The maximum atomic E-state index is 12.3. The van der Waals surface area contributed by atoms with Gasteiger partial charge in [0.25, 0.3) is 0 Å². The van der Waals surface area contributed by atoms with Gasteiger partial charge in [0, 0.05) is 31.2 Å². The zero-order chi connectivity index (χ0) is 20.0. The topological polar surface area (TPSA) is 95.6 Å². The van der Waals surface area contributed by atoms with Gasteiger partial charge in [0.05, 0.1) is 11.4 Å². The highest BCUT2D eigenvalue weighted by Gasteiger charge is 2.18. The van der Waals surface area contributed by atoms with Crippen molar-refractivity contribution in [1.29, 1.82) is 0 Å². The lowest BCUT2D eigenvalue weighted by Crippen LogP contribution is -2.37. The Morgan fingerprint density at radius 3 is 2.30 bits per heavy atom. The Kier molecular flexibility index (Phi) is 6.95. The molecule has 2 rings (SSSR count). The van der Waals surface area contributed by atoms with Gasteiger partial charge in [-0.2, -0.15) is 0 Å². The second kappa shape index (κ2) is 8.98. The van der Waals surface area contributed by atoms with E-state index in [1.165, 1.54) is 36.1 Å². The summed E-state index contributed by atoms with van der Waals surface area (Å²) in [6.45, 7) is 1.25. The minimum absolute atomic E-state index is 0.00170. The standard InChI is InChI=1S/C18H20ClN3O4S/c1-13(23)21-15-7-9-16(10-8-15)27(25,26)20-11-18(24)22(2)12-14-5-3-4-6-17(14)19/h3-10,20H,11-12H2,1-2H3,(H,21,23). The second-order valence-corrected chi connectivity index (χ2v) is 8.05. The van der Waals surface area contributed by atoms with E-state index in [1.807, 2.05) is 6.07 Å². The molecule has 0 bridgehead atoms. The minimum atomic E-state index is -3.85. The van der Waals surface area contributed by atoms with Crippen molar-refractivity contribution in [1.82, 2.24) is 9.62 Å². The number of hydrogen-bond acceptors (Lipinski definition) is 4. The number of sulfonamides is 1. The third kappa shape index (κ3) is 6.06. The van der Waals surface area contributed by atoms with Crippen molar-refractivity contribution in [3.05, 3.63) is 59.1 Å². The number of benzene rings is 2. The molecule has 2 aromatic carbocycles. The first-order valence-electron chi connectivity index (χ1n) is 8.04. The Morgan fingerprint density at radius 2 is 1.70 bits per heavy atom. The molecule has 7 nitrogen and oxygen atoms in total. The van der Waals surface area contributed by atoms with Crippen molar-refractivity contribution >= 4 is 39.1 Å². The molecule has 0 fully saturated rings. The third-order valence-corrected chi connectivity index (χ3v) is 5.48. The van der Waals surface area contributed by atoms with Crippen LogP contribution in [0.4, 0.5) is 5.69 Å². The predicted octanol–water partition coefficient (Wildman–Crippen LogP) is 2.24. The monoisotopic (exact) mass is 409 g/mol. The number of halogens is 1. The Bertz CT molecular complexity index is 930. The van der Waals surface area contributed by atoms with Crippen LogP contribution >= 0.6 is 11.6 Å². The number of carbonyl (C=O) groups is 2. The number of carbonyl (C=O) groups excluding carboxylic acids is 2. The first kappa shape index (κ1) is 20.9. The molecule has 2 amide bonds. The highest BCUT2D eigenvalue weighted by Crippen LogP contribution is 2.17. The molecule has 0 atom stereocenters. The average Bonchev–Trinajstić information content (AvgIpc) is 2.61. The first-order chi connectivity index (χ1) is 12.7. The summed E-state index contributed by atoms with van der Waals surface area (Å²) >= 11 is 6.07. The summed E-state index contributed by atoms with van der Waals surface area (Å²) < 4.78 is 26.9. The predicted molar refractivity (Wildman–Crippen MR) is 104 cm³/mol. The highest BCUT2D eigenvalue weighted by molar-refractivity contribution is 7.89. The van der Waals surface area contributed by atoms with E-state index in [-0.39, 0.29) is 23.9 Å². The van der Waals surface area contributed by atoms with Crippen LogP contribution in [-0.2, 0) is 26.2 Å². The summed E-state index contributed by atoms with van der Waals surface area (Å²) in [5, 5.41) is 3.09. The molecular weight excluding hydrogens is 390 g/mol. The molecule has 0 unspecified atom stereocenters. The molecule has 0 heterocycles. The van der Waals surface area contributed by atoms with Gasteiger partial charge in [0.1, 0.15) is 0 Å². The van der Waals surface area contributed by atoms with Gasteiger partial charge in [0.2, 0.25) is 21.8 Å². The highest BCUT2D eigenvalue weighted by atomic mass is 35.5. The molecule has 27 heavy (non-hydrogen) atoms. The molecule has 2 aromatic rings. The Labute approximate surface area is 163 Å². The van der Waals surface area contributed by atoms with Gasteiger partial charge in [0.15, 0.2) is 0 Å². The van der Waals surface area contributed by atoms with Crippen LogP contribution in [0.3, 0.4) is 0 Å². The fraction of sp³-hybridized carbons (Fsp3) is 0.222. The fourth-order valence-electron chi connectivity index (χ4n) is 2.27. The van der Waals surface area contributed by atoms with Gasteiger partial charge in [-0.05, 0) is 35.9 Å². The van der Waals surface area contributed by atoms with Crippen molar-refractivity contribution in [2.24, 2.45) is 0 Å². The van der Waals surface area contributed by atoms with Gasteiger partial charge in [-0.15, -0.1) is 0 Å². The Morgan fingerprint density at radius 1 is 1.07 bits per heavy atom. The van der Waals surface area contributed by atoms with Crippen molar-refractivity contribution in [3.63, 3.8) is 0 Å². The summed E-state index contributed by atoms with van der Waals surface area (Å²) in [6.07, 6.45) is 0. The summed E-state index contributed by atoms with van der Waals surface area (Å²) in [6, 6.07) is 12.8. The first-order valence-corrected chi connectivity index (χ1v) is 9.90. The van der Waals surface area contributed by atoms with Crippen molar-refractivity contribution in [2.75, 3.05) is 18.9 Å². The number of nitrogens with one attached hydrogen (secondary N) is 2. The zero-order valence-corrected chi connectivity index (χ0v) is 16.5. The fourth-order valence-corrected chi connectivity index (χ4v) is 3.44. The number of hydrogen-bond donors (Lipinski definition) is 2. The van der Waals surface area contributed by atoms with E-state index in [2.05, 4.69) is 10.0 Å². The smallest absolute Gasteiger partial charge is 0.241 e. The van der Waals surface area contributed by atoms with Gasteiger partial charge in [-0.25, -0.2) is 13.1 Å². The molecule has 0 aliphatic carbocycles. The van der Waals surface area contributed by atoms with Crippen LogP contribution in [0.5, 0.6) is 0 Å². The normalized spacial score (nSPS) is 11.1. The van der Waals surface area contributed by atoms with Crippen LogP contribution in [0.25, 0.3) is 0 Å². The molecule has 0 aromatic heterocycles. The SMILES string of the molecule is CC(=O)Nc1ccc(S(=O)(=O)NCC(=O)N(C)Cc2ccccc2Cl)cc1. The summed E-state index contributed by atoms with van der Waals surface area (Å²) in [7, 11) is -2.28. The minimum Gasteiger partial charge on any atom is -0.340 e. The third-order valence-electron chi connectivity index (χ3n) is 3.69. The van der Waals surface area contributed by atoms with Crippen LogP contribution in [0.1, 0.15) is 12.5 Å². The largest absolute Gasteiger partial charge is 0.340 e. The lowest BCUT2D eigenvalue weighted by atomic mass is 10.2. The van der Waals surface area contributed by atoms with E-state index in [1.54, 1.807) is 25.2 Å². The molecule has 0 radical (unpaired) electrons.